The summed E-state index contributed by atoms with van der Waals surface area (Å²) in [5, 5.41) is 4.05. The molecule has 128 valence electrons. The zero-order valence-electron chi connectivity index (χ0n) is 14.3. The summed E-state index contributed by atoms with van der Waals surface area (Å²) in [6, 6.07) is 8.09. The van der Waals surface area contributed by atoms with E-state index in [4.69, 9.17) is 10.5 Å². The number of nitrogens with two attached hydrogens (primary N) is 1. The smallest absolute Gasteiger partial charge is 0.157 e. The lowest BCUT2D eigenvalue weighted by Gasteiger charge is -2.12. The van der Waals surface area contributed by atoms with Crippen LogP contribution >= 0.6 is 12.6 Å². The summed E-state index contributed by atoms with van der Waals surface area (Å²) in [5.74, 6) is 1.63. The molecule has 1 aromatic carbocycles. The third-order valence-electron chi connectivity index (χ3n) is 3.87. The average Bonchev–Trinajstić information content (AvgIpc) is 2.57. The minimum atomic E-state index is 0.510. The molecule has 0 saturated heterocycles. The number of nitrogens with one attached hydrogen (secondary N) is 1. The molecule has 0 unspecified atom stereocenters. The molecule has 0 bridgehead atoms. The molecule has 0 amide bonds. The number of rotatable bonds is 11. The fourth-order valence-electron chi connectivity index (χ4n) is 2.29. The summed E-state index contributed by atoms with van der Waals surface area (Å²) in [6.07, 6.45) is 9.24. The number of hydrogen-bond acceptors (Lipinski definition) is 4. The molecule has 3 nitrogen and oxygen atoms in total. The van der Waals surface area contributed by atoms with Crippen LogP contribution in [0.1, 0.15) is 38.7 Å². The summed E-state index contributed by atoms with van der Waals surface area (Å²) >= 11 is 4.28. The van der Waals surface area contributed by atoms with Gasteiger partial charge in [-0.25, -0.2) is 0 Å². The first kappa shape index (κ1) is 19.8. The molecule has 0 aliphatic rings. The van der Waals surface area contributed by atoms with Gasteiger partial charge in [-0.3, -0.25) is 0 Å². The molecular formula is C19H30N2OS. The zero-order chi connectivity index (χ0) is 16.9. The second kappa shape index (κ2) is 12.2. The molecule has 0 saturated carbocycles. The standard InChI is InChI=1S/C19H30N2OS/c1-3-16(4-2)12-14-21-15-17-8-10-18(11-9-17)22-19(23)7-5-6-13-20/h5-11,16,21,23H,3-4,12-15,20H2,1-2H3/b6-5+,19-7-. The Morgan fingerprint density at radius 2 is 1.96 bits per heavy atom. The first-order valence-corrected chi connectivity index (χ1v) is 8.87. The van der Waals surface area contributed by atoms with Crippen molar-refractivity contribution in [2.75, 3.05) is 13.1 Å². The molecule has 4 heteroatoms. The van der Waals surface area contributed by atoms with Gasteiger partial charge in [0.15, 0.2) is 5.09 Å². The van der Waals surface area contributed by atoms with E-state index >= 15 is 0 Å². The number of thiol groups is 1. The lowest BCUT2D eigenvalue weighted by atomic mass is 10.00. The number of benzene rings is 1. The Morgan fingerprint density at radius 3 is 2.57 bits per heavy atom. The monoisotopic (exact) mass is 334 g/mol. The van der Waals surface area contributed by atoms with Crippen LogP contribution in [-0.2, 0) is 6.54 Å². The maximum atomic E-state index is 5.61. The summed E-state index contributed by atoms with van der Waals surface area (Å²) in [7, 11) is 0. The van der Waals surface area contributed by atoms with E-state index in [1.54, 1.807) is 6.08 Å². The summed E-state index contributed by atoms with van der Waals surface area (Å²) in [4.78, 5) is 0. The highest BCUT2D eigenvalue weighted by molar-refractivity contribution is 7.84. The van der Waals surface area contributed by atoms with Gasteiger partial charge in [-0.15, -0.1) is 12.6 Å². The Kier molecular flexibility index (Phi) is 10.5. The molecule has 0 aliphatic heterocycles. The van der Waals surface area contributed by atoms with Gasteiger partial charge in [0.25, 0.3) is 0 Å². The van der Waals surface area contributed by atoms with Gasteiger partial charge >= 0.3 is 0 Å². The summed E-state index contributed by atoms with van der Waals surface area (Å²) in [5.41, 5.74) is 6.64. The zero-order valence-corrected chi connectivity index (χ0v) is 15.2. The Bertz CT molecular complexity index is 479. The van der Waals surface area contributed by atoms with Crippen molar-refractivity contribution in [2.24, 2.45) is 11.7 Å². The molecule has 0 fully saturated rings. The van der Waals surface area contributed by atoms with E-state index in [1.807, 2.05) is 24.3 Å². The van der Waals surface area contributed by atoms with E-state index in [2.05, 4.69) is 43.9 Å². The Morgan fingerprint density at radius 1 is 1.26 bits per heavy atom. The van der Waals surface area contributed by atoms with Gasteiger partial charge in [0.2, 0.25) is 0 Å². The van der Waals surface area contributed by atoms with Gasteiger partial charge in [-0.1, -0.05) is 51.0 Å². The molecule has 0 radical (unpaired) electrons. The SMILES string of the molecule is CCC(CC)CCNCc1ccc(O/C(S)=C/C=C/CN)cc1. The van der Waals surface area contributed by atoms with Gasteiger partial charge in [0.1, 0.15) is 5.75 Å². The lowest BCUT2D eigenvalue weighted by molar-refractivity contribution is 0.438. The third kappa shape index (κ3) is 8.84. The maximum absolute atomic E-state index is 5.61. The number of allylic oxidation sites excluding steroid dienone is 2. The van der Waals surface area contributed by atoms with Crippen LogP contribution in [0, 0.1) is 5.92 Å². The van der Waals surface area contributed by atoms with Gasteiger partial charge < -0.3 is 15.8 Å². The van der Waals surface area contributed by atoms with E-state index in [9.17, 15) is 0 Å². The second-order valence-electron chi connectivity index (χ2n) is 5.56. The topological polar surface area (TPSA) is 47.3 Å². The summed E-state index contributed by atoms with van der Waals surface area (Å²) < 4.78 is 5.61. The van der Waals surface area contributed by atoms with Gasteiger partial charge in [0, 0.05) is 13.1 Å². The van der Waals surface area contributed by atoms with Gasteiger partial charge in [-0.2, -0.15) is 0 Å². The molecule has 3 N–H and O–H groups in total. The quantitative estimate of drug-likeness (QED) is 0.245. The van der Waals surface area contributed by atoms with Crippen molar-refractivity contribution in [3.05, 3.63) is 53.1 Å². The van der Waals surface area contributed by atoms with Crippen molar-refractivity contribution < 1.29 is 4.74 Å². The van der Waals surface area contributed by atoms with Crippen molar-refractivity contribution in [1.29, 1.82) is 0 Å². The Labute approximate surface area is 146 Å². The highest BCUT2D eigenvalue weighted by Crippen LogP contribution is 2.17. The molecule has 0 atom stereocenters. The Hall–Kier alpha value is -1.23. The predicted molar refractivity (Wildman–Crippen MR) is 103 cm³/mol. The Balaban J connectivity index is 2.36. The van der Waals surface area contributed by atoms with Crippen molar-refractivity contribution >= 4 is 12.6 Å². The maximum Gasteiger partial charge on any atom is 0.157 e. The van der Waals surface area contributed by atoms with E-state index in [0.29, 0.717) is 11.6 Å². The van der Waals surface area contributed by atoms with E-state index in [1.165, 1.54) is 24.8 Å². The molecule has 0 heterocycles. The molecule has 0 aliphatic carbocycles. The first-order chi connectivity index (χ1) is 11.2. The van der Waals surface area contributed by atoms with E-state index < -0.39 is 0 Å². The lowest BCUT2D eigenvalue weighted by Crippen LogP contribution is -2.17. The molecular weight excluding hydrogens is 304 g/mol. The van der Waals surface area contributed by atoms with Crippen molar-refractivity contribution in [1.82, 2.24) is 5.32 Å². The average molecular weight is 335 g/mol. The highest BCUT2D eigenvalue weighted by Gasteiger charge is 2.02. The number of hydrogen-bond donors (Lipinski definition) is 3. The fourth-order valence-corrected chi connectivity index (χ4v) is 2.49. The largest absolute Gasteiger partial charge is 0.451 e. The van der Waals surface area contributed by atoms with Crippen LogP contribution in [0.4, 0.5) is 0 Å². The second-order valence-corrected chi connectivity index (χ2v) is 6.00. The van der Waals surface area contributed by atoms with Crippen LogP contribution in [0.5, 0.6) is 5.75 Å². The van der Waals surface area contributed by atoms with Gasteiger partial charge in [0.05, 0.1) is 0 Å². The summed E-state index contributed by atoms with van der Waals surface area (Å²) in [6.45, 7) is 7.01. The first-order valence-electron chi connectivity index (χ1n) is 8.42. The highest BCUT2D eigenvalue weighted by atomic mass is 32.1. The molecule has 1 aromatic rings. The van der Waals surface area contributed by atoms with Crippen molar-refractivity contribution in [3.63, 3.8) is 0 Å². The van der Waals surface area contributed by atoms with Crippen LogP contribution in [0.25, 0.3) is 0 Å². The van der Waals surface area contributed by atoms with Crippen molar-refractivity contribution in [2.45, 2.75) is 39.7 Å². The minimum Gasteiger partial charge on any atom is -0.451 e. The van der Waals surface area contributed by atoms with E-state index in [0.717, 1.165) is 24.8 Å². The number of ether oxygens (including phenoxy) is 1. The third-order valence-corrected chi connectivity index (χ3v) is 4.11. The molecule has 23 heavy (non-hydrogen) atoms. The minimum absolute atomic E-state index is 0.510. The molecule has 0 aromatic heterocycles. The van der Waals surface area contributed by atoms with Gasteiger partial charge in [-0.05, 0) is 42.7 Å². The normalized spacial score (nSPS) is 12.3. The fraction of sp³-hybridized carbons (Fsp3) is 0.474. The van der Waals surface area contributed by atoms with E-state index in [-0.39, 0.29) is 0 Å². The van der Waals surface area contributed by atoms with Crippen LogP contribution in [0.15, 0.2) is 47.6 Å². The van der Waals surface area contributed by atoms with Crippen LogP contribution < -0.4 is 15.8 Å². The van der Waals surface area contributed by atoms with Crippen LogP contribution in [0.2, 0.25) is 0 Å². The predicted octanol–water partition coefficient (Wildman–Crippen LogP) is 4.27. The van der Waals surface area contributed by atoms with Crippen LogP contribution in [-0.4, -0.2) is 13.1 Å². The van der Waals surface area contributed by atoms with Crippen LogP contribution in [0.3, 0.4) is 0 Å². The molecule has 1 rings (SSSR count). The van der Waals surface area contributed by atoms with Crippen molar-refractivity contribution in [3.8, 4) is 5.75 Å². The molecule has 0 spiro atoms.